The van der Waals surface area contributed by atoms with Crippen LogP contribution in [0.1, 0.15) is 59.3 Å². The highest BCUT2D eigenvalue weighted by Crippen LogP contribution is 2.36. The van der Waals surface area contributed by atoms with E-state index in [1.165, 1.54) is 38.8 Å². The van der Waals surface area contributed by atoms with Crippen LogP contribution in [0, 0.1) is 16.7 Å². The molecule has 1 saturated heterocycles. The molecule has 1 saturated carbocycles. The van der Waals surface area contributed by atoms with Crippen LogP contribution < -0.4 is 5.32 Å². The Morgan fingerprint density at radius 2 is 1.95 bits per heavy atom. The second kappa shape index (κ2) is 5.81. The molecule has 0 aromatic carbocycles. The van der Waals surface area contributed by atoms with Crippen molar-refractivity contribution in [2.45, 2.75) is 70.9 Å². The van der Waals surface area contributed by atoms with E-state index in [1.807, 2.05) is 0 Å². The highest BCUT2D eigenvalue weighted by atomic mass is 15.2. The molecule has 1 aliphatic carbocycles. The van der Waals surface area contributed by atoms with E-state index in [0.29, 0.717) is 11.5 Å². The van der Waals surface area contributed by atoms with Gasteiger partial charge in [0.25, 0.3) is 0 Å². The average molecular weight is 263 g/mol. The summed E-state index contributed by atoms with van der Waals surface area (Å²) >= 11 is 0. The van der Waals surface area contributed by atoms with Gasteiger partial charge >= 0.3 is 0 Å². The lowest BCUT2D eigenvalue weighted by Crippen LogP contribution is -2.54. The zero-order valence-electron chi connectivity index (χ0n) is 12.8. The second-order valence-corrected chi connectivity index (χ2v) is 7.17. The van der Waals surface area contributed by atoms with Crippen LogP contribution in [0.5, 0.6) is 0 Å². The lowest BCUT2D eigenvalue weighted by molar-refractivity contribution is 0.0602. The molecular formula is C16H29N3. The molecule has 3 heteroatoms. The van der Waals surface area contributed by atoms with Crippen molar-refractivity contribution >= 4 is 0 Å². The van der Waals surface area contributed by atoms with Crippen molar-refractivity contribution in [2.24, 2.45) is 5.41 Å². The van der Waals surface area contributed by atoms with Crippen molar-refractivity contribution in [1.29, 1.82) is 5.26 Å². The summed E-state index contributed by atoms with van der Waals surface area (Å²) in [5.41, 5.74) is 0.254. The SMILES string of the molecule is CCNC1(C#N)CCCC(N2CCC(C)(C)CC2)C1. The van der Waals surface area contributed by atoms with Crippen molar-refractivity contribution in [3.63, 3.8) is 0 Å². The largest absolute Gasteiger partial charge is 0.300 e. The fraction of sp³-hybridized carbons (Fsp3) is 0.938. The van der Waals surface area contributed by atoms with Gasteiger partial charge in [-0.05, 0) is 63.6 Å². The summed E-state index contributed by atoms with van der Waals surface area (Å²) in [4.78, 5) is 2.65. The van der Waals surface area contributed by atoms with Gasteiger partial charge < -0.3 is 4.90 Å². The molecule has 1 heterocycles. The summed E-state index contributed by atoms with van der Waals surface area (Å²) in [5, 5.41) is 13.0. The Hall–Kier alpha value is -0.590. The third-order valence-electron chi connectivity index (χ3n) is 5.12. The first-order valence-corrected chi connectivity index (χ1v) is 7.91. The van der Waals surface area contributed by atoms with Gasteiger partial charge in [0, 0.05) is 6.04 Å². The van der Waals surface area contributed by atoms with Gasteiger partial charge in [-0.25, -0.2) is 0 Å². The monoisotopic (exact) mass is 263 g/mol. The topological polar surface area (TPSA) is 39.1 Å². The van der Waals surface area contributed by atoms with Crippen LogP contribution >= 0.6 is 0 Å². The van der Waals surface area contributed by atoms with Gasteiger partial charge in [0.2, 0.25) is 0 Å². The van der Waals surface area contributed by atoms with E-state index in [9.17, 15) is 5.26 Å². The van der Waals surface area contributed by atoms with Crippen LogP contribution in [0.15, 0.2) is 0 Å². The summed E-state index contributed by atoms with van der Waals surface area (Å²) in [6.45, 7) is 10.2. The zero-order valence-corrected chi connectivity index (χ0v) is 12.8. The van der Waals surface area contributed by atoms with Crippen LogP contribution in [0.2, 0.25) is 0 Å². The van der Waals surface area contributed by atoms with Crippen LogP contribution in [0.3, 0.4) is 0 Å². The Balaban J connectivity index is 1.96. The second-order valence-electron chi connectivity index (χ2n) is 7.17. The Morgan fingerprint density at radius 3 is 2.53 bits per heavy atom. The summed E-state index contributed by atoms with van der Waals surface area (Å²) in [6, 6.07) is 3.18. The van der Waals surface area contributed by atoms with Crippen molar-refractivity contribution in [3.05, 3.63) is 0 Å². The molecule has 0 aromatic rings. The lowest BCUT2D eigenvalue weighted by Gasteiger charge is -2.45. The molecule has 0 aromatic heterocycles. The number of nitriles is 1. The Bertz CT molecular complexity index is 330. The average Bonchev–Trinajstić information content (AvgIpc) is 2.39. The zero-order chi connectivity index (χ0) is 13.9. The first-order chi connectivity index (χ1) is 9.00. The van der Waals surface area contributed by atoms with E-state index >= 15 is 0 Å². The smallest absolute Gasteiger partial charge is 0.108 e. The number of hydrogen-bond donors (Lipinski definition) is 1. The standard InChI is InChI=1S/C16H29N3/c1-4-18-16(13-17)7-5-6-14(12-16)19-10-8-15(2,3)9-11-19/h14,18H,4-12H2,1-3H3. The van der Waals surface area contributed by atoms with Crippen molar-refractivity contribution < 1.29 is 0 Å². The molecule has 1 N–H and O–H groups in total. The minimum atomic E-state index is -0.259. The van der Waals surface area contributed by atoms with E-state index in [1.54, 1.807) is 0 Å². The lowest BCUT2D eigenvalue weighted by atomic mass is 9.77. The van der Waals surface area contributed by atoms with Crippen LogP contribution in [0.25, 0.3) is 0 Å². The number of hydrogen-bond acceptors (Lipinski definition) is 3. The molecule has 2 aliphatic rings. The van der Waals surface area contributed by atoms with E-state index in [4.69, 9.17) is 0 Å². The van der Waals surface area contributed by atoms with Gasteiger partial charge in [-0.15, -0.1) is 0 Å². The predicted molar refractivity (Wildman–Crippen MR) is 78.9 cm³/mol. The predicted octanol–water partition coefficient (Wildman–Crippen LogP) is 2.92. The maximum atomic E-state index is 9.54. The molecule has 19 heavy (non-hydrogen) atoms. The fourth-order valence-electron chi connectivity index (χ4n) is 3.69. The highest BCUT2D eigenvalue weighted by molar-refractivity contribution is 5.11. The molecule has 0 bridgehead atoms. The number of nitrogens with one attached hydrogen (secondary N) is 1. The van der Waals surface area contributed by atoms with E-state index in [-0.39, 0.29) is 5.54 Å². The molecule has 108 valence electrons. The Labute approximate surface area is 118 Å². The van der Waals surface area contributed by atoms with E-state index in [2.05, 4.69) is 37.1 Å². The third-order valence-corrected chi connectivity index (χ3v) is 5.12. The molecule has 0 radical (unpaired) electrons. The normalized spacial score (nSPS) is 35.8. The molecule has 2 unspecified atom stereocenters. The van der Waals surface area contributed by atoms with Crippen LogP contribution in [-0.2, 0) is 0 Å². The first kappa shape index (κ1) is 14.8. The van der Waals surface area contributed by atoms with Crippen LogP contribution in [-0.4, -0.2) is 36.1 Å². The Kier molecular flexibility index (Phi) is 4.53. The Morgan fingerprint density at radius 1 is 1.26 bits per heavy atom. The van der Waals surface area contributed by atoms with Crippen molar-refractivity contribution in [1.82, 2.24) is 10.2 Å². The number of nitrogens with zero attached hydrogens (tertiary/aromatic N) is 2. The molecular weight excluding hydrogens is 234 g/mol. The molecule has 0 spiro atoms. The minimum absolute atomic E-state index is 0.259. The van der Waals surface area contributed by atoms with Crippen molar-refractivity contribution in [3.8, 4) is 6.07 Å². The van der Waals surface area contributed by atoms with Gasteiger partial charge in [-0.3, -0.25) is 5.32 Å². The molecule has 2 rings (SSSR count). The molecule has 3 nitrogen and oxygen atoms in total. The maximum Gasteiger partial charge on any atom is 0.108 e. The van der Waals surface area contributed by atoms with Crippen molar-refractivity contribution in [2.75, 3.05) is 19.6 Å². The van der Waals surface area contributed by atoms with Crippen LogP contribution in [0.4, 0.5) is 0 Å². The first-order valence-electron chi connectivity index (χ1n) is 7.91. The van der Waals surface area contributed by atoms with Gasteiger partial charge in [0.05, 0.1) is 6.07 Å². The molecule has 1 aliphatic heterocycles. The van der Waals surface area contributed by atoms with Gasteiger partial charge in [-0.1, -0.05) is 20.8 Å². The summed E-state index contributed by atoms with van der Waals surface area (Å²) in [5.74, 6) is 0. The summed E-state index contributed by atoms with van der Waals surface area (Å²) in [6.07, 6.45) is 7.08. The minimum Gasteiger partial charge on any atom is -0.300 e. The summed E-state index contributed by atoms with van der Waals surface area (Å²) < 4.78 is 0. The number of piperidine rings is 1. The van der Waals surface area contributed by atoms with E-state index in [0.717, 1.165) is 19.4 Å². The summed E-state index contributed by atoms with van der Waals surface area (Å²) in [7, 11) is 0. The van der Waals surface area contributed by atoms with Gasteiger partial charge in [-0.2, -0.15) is 5.26 Å². The highest BCUT2D eigenvalue weighted by Gasteiger charge is 2.39. The molecule has 2 fully saturated rings. The molecule has 0 amide bonds. The number of likely N-dealkylation sites (tertiary alicyclic amines) is 1. The quantitative estimate of drug-likeness (QED) is 0.851. The van der Waals surface area contributed by atoms with E-state index < -0.39 is 0 Å². The third kappa shape index (κ3) is 3.49. The van der Waals surface area contributed by atoms with Gasteiger partial charge in [0.15, 0.2) is 0 Å². The van der Waals surface area contributed by atoms with Gasteiger partial charge in [0.1, 0.15) is 5.54 Å². The fourth-order valence-corrected chi connectivity index (χ4v) is 3.69. The molecule has 2 atom stereocenters. The number of rotatable bonds is 3. The maximum absolute atomic E-state index is 9.54.